The predicted molar refractivity (Wildman–Crippen MR) is 58.2 cm³/mol. The van der Waals surface area contributed by atoms with Crippen molar-refractivity contribution in [3.05, 3.63) is 23.8 Å². The van der Waals surface area contributed by atoms with Crippen LogP contribution in [0.25, 0.3) is 0 Å². The van der Waals surface area contributed by atoms with Crippen LogP contribution in [-0.4, -0.2) is 40.7 Å². The molecule has 0 aromatic heterocycles. The van der Waals surface area contributed by atoms with Gasteiger partial charge >= 0.3 is 0 Å². The highest BCUT2D eigenvalue weighted by atomic mass is 16.3. The normalized spacial score (nSPS) is 15.9. The summed E-state index contributed by atoms with van der Waals surface area (Å²) in [6.45, 7) is 1.72. The quantitative estimate of drug-likeness (QED) is 0.663. The first-order chi connectivity index (χ1) is 7.63. The van der Waals surface area contributed by atoms with Gasteiger partial charge in [-0.25, -0.2) is 0 Å². The van der Waals surface area contributed by atoms with E-state index in [2.05, 4.69) is 0 Å². The van der Waals surface area contributed by atoms with Crippen molar-refractivity contribution in [3.63, 3.8) is 0 Å². The monoisotopic (exact) mass is 222 g/mol. The molecule has 1 aliphatic rings. The Morgan fingerprint density at radius 2 is 1.94 bits per heavy atom. The van der Waals surface area contributed by atoms with Gasteiger partial charge in [-0.3, -0.25) is 4.79 Å². The fourth-order valence-electron chi connectivity index (χ4n) is 1.79. The molecular weight excluding hydrogens is 208 g/mol. The SMILES string of the molecule is NCC1CN(C(=O)c2c(O)cccc2O)C1. The van der Waals surface area contributed by atoms with Gasteiger partial charge in [0.05, 0.1) is 0 Å². The number of phenolic OH excluding ortho intramolecular Hbond substituents is 2. The summed E-state index contributed by atoms with van der Waals surface area (Å²) in [6.07, 6.45) is 0. The molecule has 86 valence electrons. The molecule has 5 nitrogen and oxygen atoms in total. The van der Waals surface area contributed by atoms with Crippen molar-refractivity contribution in [2.75, 3.05) is 19.6 Å². The van der Waals surface area contributed by atoms with E-state index >= 15 is 0 Å². The Morgan fingerprint density at radius 1 is 1.38 bits per heavy atom. The number of carbonyl (C=O) groups is 1. The van der Waals surface area contributed by atoms with E-state index in [1.807, 2.05) is 0 Å². The molecule has 0 unspecified atom stereocenters. The summed E-state index contributed by atoms with van der Waals surface area (Å²) in [5.74, 6) is -0.403. The number of benzene rings is 1. The van der Waals surface area contributed by atoms with Crippen molar-refractivity contribution in [2.45, 2.75) is 0 Å². The number of hydrogen-bond donors (Lipinski definition) is 3. The van der Waals surface area contributed by atoms with Gasteiger partial charge in [0.1, 0.15) is 17.1 Å². The highest BCUT2D eigenvalue weighted by molar-refractivity contribution is 5.99. The van der Waals surface area contributed by atoms with E-state index in [0.29, 0.717) is 25.6 Å². The Morgan fingerprint density at radius 3 is 2.44 bits per heavy atom. The first-order valence-corrected chi connectivity index (χ1v) is 5.13. The molecule has 1 amide bonds. The van der Waals surface area contributed by atoms with E-state index in [0.717, 1.165) is 0 Å². The highest BCUT2D eigenvalue weighted by Gasteiger charge is 2.32. The lowest BCUT2D eigenvalue weighted by Crippen LogP contribution is -2.52. The van der Waals surface area contributed by atoms with Crippen LogP contribution in [0.1, 0.15) is 10.4 Å². The van der Waals surface area contributed by atoms with Crippen LogP contribution in [0, 0.1) is 5.92 Å². The van der Waals surface area contributed by atoms with Gasteiger partial charge in [0, 0.05) is 19.0 Å². The first-order valence-electron chi connectivity index (χ1n) is 5.13. The Kier molecular flexibility index (Phi) is 2.70. The lowest BCUT2D eigenvalue weighted by Gasteiger charge is -2.38. The van der Waals surface area contributed by atoms with Crippen LogP contribution in [0.3, 0.4) is 0 Å². The lowest BCUT2D eigenvalue weighted by molar-refractivity contribution is 0.0509. The fraction of sp³-hybridized carbons (Fsp3) is 0.364. The number of aromatic hydroxyl groups is 2. The minimum atomic E-state index is -0.347. The van der Waals surface area contributed by atoms with Gasteiger partial charge in [-0.2, -0.15) is 0 Å². The third kappa shape index (κ3) is 1.69. The zero-order chi connectivity index (χ0) is 11.7. The van der Waals surface area contributed by atoms with Crippen molar-refractivity contribution < 1.29 is 15.0 Å². The van der Waals surface area contributed by atoms with Crippen molar-refractivity contribution >= 4 is 5.91 Å². The second kappa shape index (κ2) is 4.02. The molecule has 0 atom stereocenters. The molecule has 0 saturated carbocycles. The lowest BCUT2D eigenvalue weighted by atomic mass is 9.99. The van der Waals surface area contributed by atoms with E-state index in [1.165, 1.54) is 18.2 Å². The van der Waals surface area contributed by atoms with Crippen LogP contribution >= 0.6 is 0 Å². The molecule has 0 bridgehead atoms. The van der Waals surface area contributed by atoms with E-state index in [-0.39, 0.29) is 23.0 Å². The second-order valence-electron chi connectivity index (χ2n) is 3.98. The maximum Gasteiger partial charge on any atom is 0.261 e. The third-order valence-electron chi connectivity index (χ3n) is 2.81. The van der Waals surface area contributed by atoms with Crippen LogP contribution < -0.4 is 5.73 Å². The Bertz CT molecular complexity index is 393. The maximum atomic E-state index is 11.9. The molecule has 4 N–H and O–H groups in total. The predicted octanol–water partition coefficient (Wildman–Crippen LogP) is 0.128. The van der Waals surface area contributed by atoms with Crippen LogP contribution in [0.2, 0.25) is 0 Å². The van der Waals surface area contributed by atoms with E-state index in [4.69, 9.17) is 5.73 Å². The fourth-order valence-corrected chi connectivity index (χ4v) is 1.79. The van der Waals surface area contributed by atoms with E-state index < -0.39 is 0 Å². The molecule has 0 radical (unpaired) electrons. The highest BCUT2D eigenvalue weighted by Crippen LogP contribution is 2.29. The average molecular weight is 222 g/mol. The summed E-state index contributed by atoms with van der Waals surface area (Å²) >= 11 is 0. The Balaban J connectivity index is 2.16. The molecule has 1 heterocycles. The largest absolute Gasteiger partial charge is 0.507 e. The maximum absolute atomic E-state index is 11.9. The summed E-state index contributed by atoms with van der Waals surface area (Å²) in [5, 5.41) is 19.0. The number of phenols is 2. The van der Waals surface area contributed by atoms with Gasteiger partial charge < -0.3 is 20.8 Å². The number of rotatable bonds is 2. The van der Waals surface area contributed by atoms with Crippen molar-refractivity contribution in [1.82, 2.24) is 4.90 Å². The standard InChI is InChI=1S/C11H14N2O3/c12-4-7-5-13(6-7)11(16)10-8(14)2-1-3-9(10)15/h1-3,7,14-15H,4-6,12H2. The smallest absolute Gasteiger partial charge is 0.261 e. The summed E-state index contributed by atoms with van der Waals surface area (Å²) in [6, 6.07) is 4.25. The van der Waals surface area contributed by atoms with Crippen LogP contribution in [0.4, 0.5) is 0 Å². The molecular formula is C11H14N2O3. The molecule has 16 heavy (non-hydrogen) atoms. The van der Waals surface area contributed by atoms with Crippen molar-refractivity contribution in [3.8, 4) is 11.5 Å². The summed E-state index contributed by atoms with van der Waals surface area (Å²) in [7, 11) is 0. The number of amides is 1. The van der Waals surface area contributed by atoms with Gasteiger partial charge in [-0.1, -0.05) is 6.07 Å². The van der Waals surface area contributed by atoms with Crippen molar-refractivity contribution in [1.29, 1.82) is 0 Å². The van der Waals surface area contributed by atoms with Crippen LogP contribution in [0.5, 0.6) is 11.5 Å². The molecule has 1 saturated heterocycles. The minimum Gasteiger partial charge on any atom is -0.507 e. The molecule has 0 spiro atoms. The van der Waals surface area contributed by atoms with E-state index in [1.54, 1.807) is 4.90 Å². The van der Waals surface area contributed by atoms with Crippen molar-refractivity contribution in [2.24, 2.45) is 11.7 Å². The van der Waals surface area contributed by atoms with Gasteiger partial charge in [-0.05, 0) is 18.7 Å². The third-order valence-corrected chi connectivity index (χ3v) is 2.81. The zero-order valence-corrected chi connectivity index (χ0v) is 8.76. The number of nitrogens with zero attached hydrogens (tertiary/aromatic N) is 1. The summed E-state index contributed by atoms with van der Waals surface area (Å²) in [4.78, 5) is 13.5. The van der Waals surface area contributed by atoms with Crippen LogP contribution in [-0.2, 0) is 0 Å². The number of nitrogens with two attached hydrogens (primary N) is 1. The van der Waals surface area contributed by atoms with Crippen LogP contribution in [0.15, 0.2) is 18.2 Å². The van der Waals surface area contributed by atoms with Gasteiger partial charge in [0.15, 0.2) is 0 Å². The molecule has 0 aliphatic carbocycles. The molecule has 1 fully saturated rings. The number of likely N-dealkylation sites (tertiary alicyclic amines) is 1. The first kappa shape index (κ1) is 10.8. The molecule has 5 heteroatoms. The van der Waals surface area contributed by atoms with Gasteiger partial charge in [0.25, 0.3) is 5.91 Å². The number of hydrogen-bond acceptors (Lipinski definition) is 4. The summed E-state index contributed by atoms with van der Waals surface area (Å²) < 4.78 is 0. The molecule has 1 aliphatic heterocycles. The van der Waals surface area contributed by atoms with Gasteiger partial charge in [0.2, 0.25) is 0 Å². The molecule has 1 aromatic carbocycles. The number of carbonyl (C=O) groups excluding carboxylic acids is 1. The topological polar surface area (TPSA) is 86.8 Å². The Hall–Kier alpha value is -1.75. The minimum absolute atomic E-state index is 0.0297. The zero-order valence-electron chi connectivity index (χ0n) is 8.76. The summed E-state index contributed by atoms with van der Waals surface area (Å²) in [5.41, 5.74) is 5.43. The Labute approximate surface area is 93.1 Å². The second-order valence-corrected chi connectivity index (χ2v) is 3.98. The van der Waals surface area contributed by atoms with E-state index in [9.17, 15) is 15.0 Å². The molecule has 2 rings (SSSR count). The molecule has 1 aromatic rings. The average Bonchev–Trinajstić information content (AvgIpc) is 2.15. The van der Waals surface area contributed by atoms with Gasteiger partial charge in [-0.15, -0.1) is 0 Å².